The predicted molar refractivity (Wildman–Crippen MR) is 79.7 cm³/mol. The van der Waals surface area contributed by atoms with Gasteiger partial charge in [-0.3, -0.25) is 4.98 Å². The zero-order valence-corrected chi connectivity index (χ0v) is 12.6. The van der Waals surface area contributed by atoms with Gasteiger partial charge >= 0.3 is 0 Å². The van der Waals surface area contributed by atoms with Crippen LogP contribution in [0.15, 0.2) is 53.6 Å². The molecule has 2 aromatic rings. The molecule has 1 heterocycles. The third-order valence-electron chi connectivity index (χ3n) is 2.55. The Bertz CT molecular complexity index is 689. The van der Waals surface area contributed by atoms with Crippen LogP contribution in [-0.2, 0) is 10.0 Å². The van der Waals surface area contributed by atoms with Crippen molar-refractivity contribution in [3.8, 4) is 11.3 Å². The van der Waals surface area contributed by atoms with Gasteiger partial charge in [0, 0.05) is 17.3 Å². The summed E-state index contributed by atoms with van der Waals surface area (Å²) in [5.74, 6) is 0. The van der Waals surface area contributed by atoms with E-state index in [9.17, 15) is 8.42 Å². The molecule has 1 N–H and O–H groups in total. The number of aromatic nitrogens is 1. The summed E-state index contributed by atoms with van der Waals surface area (Å²) in [7, 11) is -3.53. The van der Waals surface area contributed by atoms with E-state index in [2.05, 4.69) is 9.71 Å². The smallest absolute Gasteiger partial charge is 0.241 e. The summed E-state index contributed by atoms with van der Waals surface area (Å²) in [6.45, 7) is 5.44. The lowest BCUT2D eigenvalue weighted by molar-refractivity contribution is 0.491. The van der Waals surface area contributed by atoms with Gasteiger partial charge in [-0.1, -0.05) is 18.2 Å². The molecule has 0 spiro atoms. The number of pyridine rings is 1. The first-order chi connectivity index (χ1) is 9.28. The number of benzene rings is 1. The standard InChI is InChI=1S/C15H18N2O2S/c1-15(2,3)17-20(18,19)13-8-6-7-12(11-13)14-9-4-5-10-16-14/h4-11,17H,1-3H3. The van der Waals surface area contributed by atoms with Crippen LogP contribution in [-0.4, -0.2) is 18.9 Å². The van der Waals surface area contributed by atoms with Crippen LogP contribution in [0, 0.1) is 0 Å². The molecule has 106 valence electrons. The molecule has 20 heavy (non-hydrogen) atoms. The average molecular weight is 290 g/mol. The van der Waals surface area contributed by atoms with Crippen LogP contribution in [0.5, 0.6) is 0 Å². The monoisotopic (exact) mass is 290 g/mol. The summed E-state index contributed by atoms with van der Waals surface area (Å²) in [4.78, 5) is 4.48. The molecule has 0 aliphatic rings. The lowest BCUT2D eigenvalue weighted by Gasteiger charge is -2.20. The zero-order chi connectivity index (χ0) is 14.8. The largest absolute Gasteiger partial charge is 0.256 e. The first-order valence-corrected chi connectivity index (χ1v) is 7.82. The van der Waals surface area contributed by atoms with Crippen LogP contribution in [0.1, 0.15) is 20.8 Å². The molecule has 0 aliphatic carbocycles. The third kappa shape index (κ3) is 3.65. The Balaban J connectivity index is 2.41. The Morgan fingerprint density at radius 1 is 1.05 bits per heavy atom. The van der Waals surface area contributed by atoms with E-state index in [1.54, 1.807) is 24.4 Å². The summed E-state index contributed by atoms with van der Waals surface area (Å²) < 4.78 is 27.2. The van der Waals surface area contributed by atoms with E-state index in [1.165, 1.54) is 0 Å². The van der Waals surface area contributed by atoms with Crippen molar-refractivity contribution in [3.05, 3.63) is 48.7 Å². The lowest BCUT2D eigenvalue weighted by Crippen LogP contribution is -2.40. The van der Waals surface area contributed by atoms with Crippen LogP contribution in [0.3, 0.4) is 0 Å². The normalized spacial score (nSPS) is 12.3. The number of hydrogen-bond acceptors (Lipinski definition) is 3. The Morgan fingerprint density at radius 3 is 2.40 bits per heavy atom. The highest BCUT2D eigenvalue weighted by atomic mass is 32.2. The Morgan fingerprint density at radius 2 is 1.80 bits per heavy atom. The van der Waals surface area contributed by atoms with Gasteiger partial charge in [-0.05, 0) is 45.0 Å². The number of nitrogens with one attached hydrogen (secondary N) is 1. The lowest BCUT2D eigenvalue weighted by atomic mass is 10.1. The molecule has 0 fully saturated rings. The van der Waals surface area contributed by atoms with Crippen LogP contribution in [0.2, 0.25) is 0 Å². The highest BCUT2D eigenvalue weighted by Crippen LogP contribution is 2.21. The molecule has 0 saturated carbocycles. The first-order valence-electron chi connectivity index (χ1n) is 6.33. The second-order valence-electron chi connectivity index (χ2n) is 5.60. The molecule has 2 rings (SSSR count). The fraction of sp³-hybridized carbons (Fsp3) is 0.267. The van der Waals surface area contributed by atoms with Gasteiger partial charge in [-0.2, -0.15) is 0 Å². The minimum absolute atomic E-state index is 0.246. The second kappa shape index (κ2) is 5.34. The van der Waals surface area contributed by atoms with Crippen LogP contribution in [0.25, 0.3) is 11.3 Å². The average Bonchev–Trinajstić information content (AvgIpc) is 2.37. The van der Waals surface area contributed by atoms with Gasteiger partial charge in [-0.25, -0.2) is 13.1 Å². The van der Waals surface area contributed by atoms with E-state index in [-0.39, 0.29) is 4.90 Å². The summed E-state index contributed by atoms with van der Waals surface area (Å²) in [6.07, 6.45) is 1.68. The predicted octanol–water partition coefficient (Wildman–Crippen LogP) is 2.83. The molecule has 0 saturated heterocycles. The van der Waals surface area contributed by atoms with E-state index < -0.39 is 15.6 Å². The van der Waals surface area contributed by atoms with Crippen LogP contribution >= 0.6 is 0 Å². The minimum Gasteiger partial charge on any atom is -0.256 e. The Kier molecular flexibility index (Phi) is 3.92. The third-order valence-corrected chi connectivity index (χ3v) is 4.30. The van der Waals surface area contributed by atoms with Crippen molar-refractivity contribution < 1.29 is 8.42 Å². The quantitative estimate of drug-likeness (QED) is 0.945. The Labute approximate surface area is 119 Å². The molecule has 1 aromatic heterocycles. The number of nitrogens with zero attached hydrogens (tertiary/aromatic N) is 1. The molecule has 0 bridgehead atoms. The van der Waals surface area contributed by atoms with Gasteiger partial charge in [-0.15, -0.1) is 0 Å². The first kappa shape index (κ1) is 14.7. The molecule has 4 nitrogen and oxygen atoms in total. The summed E-state index contributed by atoms with van der Waals surface area (Å²) in [6, 6.07) is 12.3. The van der Waals surface area contributed by atoms with Crippen LogP contribution < -0.4 is 4.72 Å². The highest BCUT2D eigenvalue weighted by molar-refractivity contribution is 7.89. The maximum atomic E-state index is 12.3. The van der Waals surface area contributed by atoms with Gasteiger partial charge in [0.15, 0.2) is 0 Å². The molecule has 0 atom stereocenters. The van der Waals surface area contributed by atoms with E-state index >= 15 is 0 Å². The molecule has 0 unspecified atom stereocenters. The summed E-state index contributed by atoms with van der Waals surface area (Å²) in [5.41, 5.74) is 1.02. The number of hydrogen-bond donors (Lipinski definition) is 1. The molecule has 0 amide bonds. The Hall–Kier alpha value is -1.72. The van der Waals surface area contributed by atoms with E-state index in [4.69, 9.17) is 0 Å². The maximum absolute atomic E-state index is 12.3. The van der Waals surface area contributed by atoms with Crippen molar-refractivity contribution in [1.29, 1.82) is 0 Å². The zero-order valence-electron chi connectivity index (χ0n) is 11.8. The van der Waals surface area contributed by atoms with Crippen molar-refractivity contribution >= 4 is 10.0 Å². The van der Waals surface area contributed by atoms with Crippen LogP contribution in [0.4, 0.5) is 0 Å². The topological polar surface area (TPSA) is 59.1 Å². The van der Waals surface area contributed by atoms with Crippen molar-refractivity contribution in [2.45, 2.75) is 31.2 Å². The molecular formula is C15H18N2O2S. The molecule has 5 heteroatoms. The molecule has 0 aliphatic heterocycles. The maximum Gasteiger partial charge on any atom is 0.241 e. The molecule has 0 radical (unpaired) electrons. The SMILES string of the molecule is CC(C)(C)NS(=O)(=O)c1cccc(-c2ccccn2)c1. The van der Waals surface area contributed by atoms with Crippen molar-refractivity contribution in [2.24, 2.45) is 0 Å². The molecule has 1 aromatic carbocycles. The number of rotatable bonds is 3. The van der Waals surface area contributed by atoms with Gasteiger partial charge in [0.2, 0.25) is 10.0 Å². The van der Waals surface area contributed by atoms with Gasteiger partial charge in [0.1, 0.15) is 0 Å². The van der Waals surface area contributed by atoms with Crippen molar-refractivity contribution in [1.82, 2.24) is 9.71 Å². The molecular weight excluding hydrogens is 272 g/mol. The van der Waals surface area contributed by atoms with Gasteiger partial charge in [0.05, 0.1) is 10.6 Å². The van der Waals surface area contributed by atoms with Crippen molar-refractivity contribution in [3.63, 3.8) is 0 Å². The van der Waals surface area contributed by atoms with E-state index in [0.29, 0.717) is 0 Å². The van der Waals surface area contributed by atoms with E-state index in [0.717, 1.165) is 11.3 Å². The van der Waals surface area contributed by atoms with Gasteiger partial charge in [0.25, 0.3) is 0 Å². The van der Waals surface area contributed by atoms with Gasteiger partial charge < -0.3 is 0 Å². The minimum atomic E-state index is -3.53. The fourth-order valence-electron chi connectivity index (χ4n) is 1.82. The highest BCUT2D eigenvalue weighted by Gasteiger charge is 2.22. The van der Waals surface area contributed by atoms with Crippen molar-refractivity contribution in [2.75, 3.05) is 0 Å². The number of sulfonamides is 1. The fourth-order valence-corrected chi connectivity index (χ4v) is 3.28. The second-order valence-corrected chi connectivity index (χ2v) is 7.28. The summed E-state index contributed by atoms with van der Waals surface area (Å²) >= 11 is 0. The van der Waals surface area contributed by atoms with E-state index in [1.807, 2.05) is 45.0 Å². The summed E-state index contributed by atoms with van der Waals surface area (Å²) in [5, 5.41) is 0.